The normalized spacial score (nSPS) is 9.61. The Morgan fingerprint density at radius 3 is 2.52 bits per heavy atom. The van der Waals surface area contributed by atoms with E-state index in [1.165, 1.54) is 5.56 Å². The van der Waals surface area contributed by atoms with Crippen LogP contribution in [0.4, 0.5) is 0 Å². The highest BCUT2D eigenvalue weighted by atomic mass is 35.5. The van der Waals surface area contributed by atoms with Crippen molar-refractivity contribution in [2.75, 3.05) is 19.6 Å². The Kier molecular flexibility index (Phi) is 11.1. The summed E-state index contributed by atoms with van der Waals surface area (Å²) in [5.74, 6) is 0.144. The number of rotatable bonds is 8. The van der Waals surface area contributed by atoms with E-state index in [0.29, 0.717) is 32.6 Å². The van der Waals surface area contributed by atoms with E-state index in [2.05, 4.69) is 17.1 Å². The van der Waals surface area contributed by atoms with E-state index in [-0.39, 0.29) is 30.7 Å². The van der Waals surface area contributed by atoms with Gasteiger partial charge in [0.25, 0.3) is 0 Å². The van der Waals surface area contributed by atoms with Crippen LogP contribution in [0.3, 0.4) is 0 Å². The number of halogens is 2. The molecule has 2 N–H and O–H groups in total. The number of carbonyl (C=O) groups excluding carboxylic acids is 1. The fourth-order valence-corrected chi connectivity index (χ4v) is 2.23. The number of hydrogen-bond acceptors (Lipinski definition) is 3. The van der Waals surface area contributed by atoms with Crippen molar-refractivity contribution in [3.8, 4) is 0 Å². The minimum Gasteiger partial charge on any atom is -0.341 e. The van der Waals surface area contributed by atoms with Gasteiger partial charge in [-0.1, -0.05) is 30.3 Å². The second kappa shape index (κ2) is 11.9. The van der Waals surface area contributed by atoms with Crippen molar-refractivity contribution < 1.29 is 4.79 Å². The monoisotopic (exact) mass is 358 g/mol. The average molecular weight is 359 g/mol. The molecule has 0 fully saturated rings. The molecule has 1 aromatic carbocycles. The van der Waals surface area contributed by atoms with Crippen molar-refractivity contribution >= 4 is 30.7 Å². The lowest BCUT2D eigenvalue weighted by atomic mass is 10.1. The van der Waals surface area contributed by atoms with E-state index in [0.717, 1.165) is 6.42 Å². The highest BCUT2D eigenvalue weighted by Crippen LogP contribution is 2.03. The molecule has 0 unspecified atom stereocenters. The quantitative estimate of drug-likeness (QED) is 0.786. The predicted octanol–water partition coefficient (Wildman–Crippen LogP) is 2.15. The van der Waals surface area contributed by atoms with E-state index >= 15 is 0 Å². The van der Waals surface area contributed by atoms with Crippen LogP contribution in [0.15, 0.2) is 49.1 Å². The number of imidazole rings is 1. The zero-order valence-electron chi connectivity index (χ0n) is 13.0. The molecule has 2 rings (SSSR count). The molecule has 1 aromatic heterocycles. The molecule has 23 heavy (non-hydrogen) atoms. The van der Waals surface area contributed by atoms with Crippen LogP contribution >= 0.6 is 24.8 Å². The standard InChI is InChI=1S/C16H22N4O.2ClH/c17-8-12-20(11-6-15-4-2-1-3-5-15)16(21)7-10-19-13-9-18-14-19;;/h1-5,9,13-14H,6-8,10-12,17H2;2*1H. The van der Waals surface area contributed by atoms with Crippen LogP contribution in [0.25, 0.3) is 0 Å². The zero-order valence-corrected chi connectivity index (χ0v) is 14.6. The van der Waals surface area contributed by atoms with E-state index in [4.69, 9.17) is 5.73 Å². The van der Waals surface area contributed by atoms with Crippen LogP contribution < -0.4 is 5.73 Å². The van der Waals surface area contributed by atoms with Gasteiger partial charge in [0, 0.05) is 45.0 Å². The van der Waals surface area contributed by atoms with Gasteiger partial charge < -0.3 is 15.2 Å². The maximum Gasteiger partial charge on any atom is 0.224 e. The van der Waals surface area contributed by atoms with Crippen LogP contribution in [0.1, 0.15) is 12.0 Å². The Balaban J connectivity index is 0.00000242. The van der Waals surface area contributed by atoms with Gasteiger partial charge in [-0.15, -0.1) is 24.8 Å². The lowest BCUT2D eigenvalue weighted by molar-refractivity contribution is -0.131. The molecule has 1 amide bonds. The topological polar surface area (TPSA) is 64.2 Å². The Labute approximate surface area is 149 Å². The van der Waals surface area contributed by atoms with Crippen LogP contribution in [0, 0.1) is 0 Å². The summed E-state index contributed by atoms with van der Waals surface area (Å²) in [5.41, 5.74) is 6.86. The van der Waals surface area contributed by atoms with Crippen molar-refractivity contribution in [2.24, 2.45) is 5.73 Å². The number of aromatic nitrogens is 2. The van der Waals surface area contributed by atoms with E-state index < -0.39 is 0 Å². The van der Waals surface area contributed by atoms with Crippen LogP contribution in [-0.4, -0.2) is 40.0 Å². The van der Waals surface area contributed by atoms with E-state index in [1.54, 1.807) is 12.5 Å². The predicted molar refractivity (Wildman–Crippen MR) is 97.1 cm³/mol. The number of hydrogen-bond donors (Lipinski definition) is 1. The Morgan fingerprint density at radius 1 is 1.17 bits per heavy atom. The van der Waals surface area contributed by atoms with Gasteiger partial charge in [-0.2, -0.15) is 0 Å². The number of nitrogens with two attached hydrogens (primary N) is 1. The summed E-state index contributed by atoms with van der Waals surface area (Å²) in [4.78, 5) is 18.1. The number of nitrogens with zero attached hydrogens (tertiary/aromatic N) is 3. The van der Waals surface area contributed by atoms with Gasteiger partial charge in [-0.05, 0) is 12.0 Å². The molecule has 1 heterocycles. The average Bonchev–Trinajstić information content (AvgIpc) is 3.03. The fourth-order valence-electron chi connectivity index (χ4n) is 2.23. The minimum atomic E-state index is 0. The molecular formula is C16H24Cl2N4O. The second-order valence-electron chi connectivity index (χ2n) is 4.96. The van der Waals surface area contributed by atoms with Gasteiger partial charge in [0.05, 0.1) is 6.33 Å². The molecule has 0 aliphatic rings. The largest absolute Gasteiger partial charge is 0.341 e. The molecule has 0 radical (unpaired) electrons. The Bertz CT molecular complexity index is 534. The number of aryl methyl sites for hydroxylation is 1. The van der Waals surface area contributed by atoms with Crippen molar-refractivity contribution in [2.45, 2.75) is 19.4 Å². The van der Waals surface area contributed by atoms with E-state index in [1.807, 2.05) is 33.9 Å². The smallest absolute Gasteiger partial charge is 0.224 e. The van der Waals surface area contributed by atoms with Gasteiger partial charge >= 0.3 is 0 Å². The summed E-state index contributed by atoms with van der Waals surface area (Å²) in [6.45, 7) is 2.47. The first-order valence-corrected chi connectivity index (χ1v) is 7.27. The first-order valence-electron chi connectivity index (χ1n) is 7.27. The summed E-state index contributed by atoms with van der Waals surface area (Å²) in [6, 6.07) is 10.2. The molecule has 128 valence electrons. The second-order valence-corrected chi connectivity index (χ2v) is 4.96. The number of benzene rings is 1. The molecule has 2 aromatic rings. The Hall–Kier alpha value is -1.56. The summed E-state index contributed by atoms with van der Waals surface area (Å²) < 4.78 is 1.91. The molecule has 0 saturated carbocycles. The fraction of sp³-hybridized carbons (Fsp3) is 0.375. The highest BCUT2D eigenvalue weighted by Gasteiger charge is 2.12. The summed E-state index contributed by atoms with van der Waals surface area (Å²) in [5, 5.41) is 0. The first kappa shape index (κ1) is 21.4. The third-order valence-corrected chi connectivity index (χ3v) is 3.41. The molecule has 7 heteroatoms. The van der Waals surface area contributed by atoms with Gasteiger partial charge in [0.15, 0.2) is 0 Å². The molecule has 0 atom stereocenters. The lowest BCUT2D eigenvalue weighted by Crippen LogP contribution is -2.37. The third kappa shape index (κ3) is 7.50. The summed E-state index contributed by atoms with van der Waals surface area (Å²) in [6.07, 6.45) is 6.65. The van der Waals surface area contributed by atoms with Crippen LogP contribution in [-0.2, 0) is 17.8 Å². The molecular weight excluding hydrogens is 335 g/mol. The summed E-state index contributed by atoms with van der Waals surface area (Å²) >= 11 is 0. The van der Waals surface area contributed by atoms with Crippen molar-refractivity contribution in [3.05, 3.63) is 54.6 Å². The summed E-state index contributed by atoms with van der Waals surface area (Å²) in [7, 11) is 0. The SMILES string of the molecule is Cl.Cl.NCCN(CCc1ccccc1)C(=O)CCn1ccnc1. The lowest BCUT2D eigenvalue weighted by Gasteiger charge is -2.22. The molecule has 5 nitrogen and oxygen atoms in total. The first-order chi connectivity index (χ1) is 10.3. The molecule has 0 saturated heterocycles. The van der Waals surface area contributed by atoms with Crippen molar-refractivity contribution in [1.82, 2.24) is 14.5 Å². The zero-order chi connectivity index (χ0) is 14.9. The molecule has 0 bridgehead atoms. The molecule has 0 spiro atoms. The van der Waals surface area contributed by atoms with Gasteiger partial charge in [-0.25, -0.2) is 4.98 Å². The van der Waals surface area contributed by atoms with Gasteiger partial charge in [-0.3, -0.25) is 4.79 Å². The van der Waals surface area contributed by atoms with Crippen molar-refractivity contribution in [1.29, 1.82) is 0 Å². The van der Waals surface area contributed by atoms with Crippen LogP contribution in [0.2, 0.25) is 0 Å². The highest BCUT2D eigenvalue weighted by molar-refractivity contribution is 5.85. The third-order valence-electron chi connectivity index (χ3n) is 3.41. The van der Waals surface area contributed by atoms with Gasteiger partial charge in [0.1, 0.15) is 0 Å². The number of carbonyl (C=O) groups is 1. The number of amides is 1. The molecule has 0 aliphatic heterocycles. The Morgan fingerprint density at radius 2 is 1.91 bits per heavy atom. The van der Waals surface area contributed by atoms with Crippen LogP contribution in [0.5, 0.6) is 0 Å². The maximum absolute atomic E-state index is 12.3. The van der Waals surface area contributed by atoms with Gasteiger partial charge in [0.2, 0.25) is 5.91 Å². The maximum atomic E-state index is 12.3. The van der Waals surface area contributed by atoms with Crippen molar-refractivity contribution in [3.63, 3.8) is 0 Å². The van der Waals surface area contributed by atoms with E-state index in [9.17, 15) is 4.79 Å². The molecule has 0 aliphatic carbocycles. The minimum absolute atomic E-state index is 0.